The molecule has 0 amide bonds. The van der Waals surface area contributed by atoms with Crippen LogP contribution in [0.3, 0.4) is 0 Å². The fourth-order valence-electron chi connectivity index (χ4n) is 4.26. The van der Waals surface area contributed by atoms with Gasteiger partial charge in [0.1, 0.15) is 0 Å². The Labute approximate surface area is 112 Å². The van der Waals surface area contributed by atoms with E-state index >= 15 is 0 Å². The van der Waals surface area contributed by atoms with Crippen LogP contribution in [0.1, 0.15) is 38.5 Å². The lowest BCUT2D eigenvalue weighted by molar-refractivity contribution is 0.0986. The van der Waals surface area contributed by atoms with E-state index in [2.05, 4.69) is 22.2 Å². The molecule has 18 heavy (non-hydrogen) atoms. The van der Waals surface area contributed by atoms with E-state index in [1.807, 2.05) is 0 Å². The van der Waals surface area contributed by atoms with Crippen LogP contribution in [0.4, 0.5) is 0 Å². The molecule has 0 spiro atoms. The summed E-state index contributed by atoms with van der Waals surface area (Å²) < 4.78 is 0. The third kappa shape index (κ3) is 2.73. The summed E-state index contributed by atoms with van der Waals surface area (Å²) in [5, 5.41) is 3.59. The van der Waals surface area contributed by atoms with Gasteiger partial charge in [0.2, 0.25) is 0 Å². The average Bonchev–Trinajstić information content (AvgIpc) is 2.86. The molecule has 3 heterocycles. The van der Waals surface area contributed by atoms with Crippen molar-refractivity contribution >= 4 is 0 Å². The van der Waals surface area contributed by atoms with E-state index in [1.165, 1.54) is 71.2 Å². The van der Waals surface area contributed by atoms with Crippen LogP contribution in [-0.4, -0.2) is 61.7 Å². The standard InChI is InChI=1S/C15H29N3/c1-17-8-3-2-6-14(17)7-10-18-9-4-5-13-11-16-12-15(13)18/h13-16H,2-12H2,1H3. The van der Waals surface area contributed by atoms with Gasteiger partial charge in [-0.3, -0.25) is 4.90 Å². The van der Waals surface area contributed by atoms with E-state index in [0.717, 1.165) is 18.0 Å². The maximum atomic E-state index is 3.59. The van der Waals surface area contributed by atoms with Crippen molar-refractivity contribution in [3.8, 4) is 0 Å². The van der Waals surface area contributed by atoms with E-state index in [0.29, 0.717) is 0 Å². The Morgan fingerprint density at radius 3 is 2.89 bits per heavy atom. The SMILES string of the molecule is CN1CCCCC1CCN1CCCC2CNCC21. The summed E-state index contributed by atoms with van der Waals surface area (Å²) in [4.78, 5) is 5.38. The Balaban J connectivity index is 1.49. The lowest BCUT2D eigenvalue weighted by Crippen LogP contribution is -2.47. The zero-order valence-electron chi connectivity index (χ0n) is 11.9. The van der Waals surface area contributed by atoms with E-state index in [9.17, 15) is 0 Å². The Morgan fingerprint density at radius 1 is 1.06 bits per heavy atom. The maximum Gasteiger partial charge on any atom is 0.0260 e. The third-order valence-electron chi connectivity index (χ3n) is 5.46. The van der Waals surface area contributed by atoms with Crippen molar-refractivity contribution in [2.75, 3.05) is 39.8 Å². The lowest BCUT2D eigenvalue weighted by Gasteiger charge is -2.39. The molecule has 0 bridgehead atoms. The highest BCUT2D eigenvalue weighted by Gasteiger charge is 2.34. The van der Waals surface area contributed by atoms with Gasteiger partial charge in [0.05, 0.1) is 0 Å². The monoisotopic (exact) mass is 251 g/mol. The number of piperidine rings is 2. The van der Waals surface area contributed by atoms with Crippen LogP contribution in [0.2, 0.25) is 0 Å². The second kappa shape index (κ2) is 5.89. The summed E-state index contributed by atoms with van der Waals surface area (Å²) in [6.07, 6.45) is 8.55. The van der Waals surface area contributed by atoms with E-state index < -0.39 is 0 Å². The van der Waals surface area contributed by atoms with Crippen LogP contribution >= 0.6 is 0 Å². The molecule has 3 aliphatic rings. The highest BCUT2D eigenvalue weighted by molar-refractivity contribution is 4.92. The Kier molecular flexibility index (Phi) is 4.22. The van der Waals surface area contributed by atoms with Crippen LogP contribution in [0.15, 0.2) is 0 Å². The highest BCUT2D eigenvalue weighted by atomic mass is 15.2. The second-order valence-corrected chi connectivity index (χ2v) is 6.58. The number of rotatable bonds is 3. The first-order valence-electron chi connectivity index (χ1n) is 7.99. The van der Waals surface area contributed by atoms with E-state index in [4.69, 9.17) is 0 Å². The predicted molar refractivity (Wildman–Crippen MR) is 75.8 cm³/mol. The summed E-state index contributed by atoms with van der Waals surface area (Å²) in [6, 6.07) is 1.71. The van der Waals surface area contributed by atoms with Crippen LogP contribution in [0.5, 0.6) is 0 Å². The average molecular weight is 251 g/mol. The minimum absolute atomic E-state index is 0.854. The van der Waals surface area contributed by atoms with Crippen molar-refractivity contribution in [2.45, 2.75) is 50.6 Å². The van der Waals surface area contributed by atoms with Gasteiger partial charge in [-0.15, -0.1) is 0 Å². The van der Waals surface area contributed by atoms with Crippen LogP contribution < -0.4 is 5.32 Å². The largest absolute Gasteiger partial charge is 0.315 e. The number of nitrogens with one attached hydrogen (secondary N) is 1. The van der Waals surface area contributed by atoms with Crippen LogP contribution in [-0.2, 0) is 0 Å². The number of hydrogen-bond acceptors (Lipinski definition) is 3. The Bertz CT molecular complexity index is 268. The van der Waals surface area contributed by atoms with Crippen molar-refractivity contribution in [2.24, 2.45) is 5.92 Å². The molecule has 0 radical (unpaired) electrons. The van der Waals surface area contributed by atoms with Gasteiger partial charge in [-0.2, -0.15) is 0 Å². The van der Waals surface area contributed by atoms with Gasteiger partial charge in [-0.25, -0.2) is 0 Å². The highest BCUT2D eigenvalue weighted by Crippen LogP contribution is 2.27. The minimum atomic E-state index is 0.854. The molecular weight excluding hydrogens is 222 g/mol. The predicted octanol–water partition coefficient (Wildman–Crippen LogP) is 1.54. The molecule has 3 nitrogen and oxygen atoms in total. The summed E-state index contributed by atoms with van der Waals surface area (Å²) in [5.41, 5.74) is 0. The number of fused-ring (bicyclic) bond motifs is 1. The van der Waals surface area contributed by atoms with Crippen molar-refractivity contribution in [3.63, 3.8) is 0 Å². The molecule has 3 rings (SSSR count). The van der Waals surface area contributed by atoms with Gasteiger partial charge < -0.3 is 10.2 Å². The summed E-state index contributed by atoms with van der Waals surface area (Å²) >= 11 is 0. The molecule has 3 unspecified atom stereocenters. The first-order valence-corrected chi connectivity index (χ1v) is 7.99. The molecule has 0 aromatic heterocycles. The number of likely N-dealkylation sites (tertiary alicyclic amines) is 2. The normalized spacial score (nSPS) is 38.8. The Hall–Kier alpha value is -0.120. The number of nitrogens with zero attached hydrogens (tertiary/aromatic N) is 2. The maximum absolute atomic E-state index is 3.59. The van der Waals surface area contributed by atoms with Gasteiger partial charge >= 0.3 is 0 Å². The molecule has 0 aromatic rings. The topological polar surface area (TPSA) is 18.5 Å². The lowest BCUT2D eigenvalue weighted by atomic mass is 9.91. The molecule has 3 aliphatic heterocycles. The molecule has 3 saturated heterocycles. The molecule has 3 atom stereocenters. The van der Waals surface area contributed by atoms with Gasteiger partial charge in [-0.05, 0) is 71.2 Å². The van der Waals surface area contributed by atoms with Crippen molar-refractivity contribution < 1.29 is 0 Å². The smallest absolute Gasteiger partial charge is 0.0260 e. The van der Waals surface area contributed by atoms with Gasteiger partial charge in [0, 0.05) is 18.6 Å². The summed E-state index contributed by atoms with van der Waals surface area (Å²) in [7, 11) is 2.32. The zero-order chi connectivity index (χ0) is 12.4. The summed E-state index contributed by atoms with van der Waals surface area (Å²) in [6.45, 7) is 6.51. The second-order valence-electron chi connectivity index (χ2n) is 6.58. The van der Waals surface area contributed by atoms with E-state index in [1.54, 1.807) is 0 Å². The first-order chi connectivity index (χ1) is 8.84. The summed E-state index contributed by atoms with van der Waals surface area (Å²) in [5.74, 6) is 0.947. The fraction of sp³-hybridized carbons (Fsp3) is 1.00. The molecule has 3 heteroatoms. The number of hydrogen-bond donors (Lipinski definition) is 1. The van der Waals surface area contributed by atoms with Crippen molar-refractivity contribution in [3.05, 3.63) is 0 Å². The first kappa shape index (κ1) is 12.9. The minimum Gasteiger partial charge on any atom is -0.315 e. The van der Waals surface area contributed by atoms with Gasteiger partial charge in [0.15, 0.2) is 0 Å². The van der Waals surface area contributed by atoms with Gasteiger partial charge in [-0.1, -0.05) is 6.42 Å². The fourth-order valence-corrected chi connectivity index (χ4v) is 4.26. The molecule has 0 saturated carbocycles. The Morgan fingerprint density at radius 2 is 2.00 bits per heavy atom. The molecule has 0 aromatic carbocycles. The van der Waals surface area contributed by atoms with Crippen molar-refractivity contribution in [1.29, 1.82) is 0 Å². The van der Waals surface area contributed by atoms with Crippen LogP contribution in [0, 0.1) is 5.92 Å². The molecule has 0 aliphatic carbocycles. The van der Waals surface area contributed by atoms with Crippen LogP contribution in [0.25, 0.3) is 0 Å². The molecule has 1 N–H and O–H groups in total. The van der Waals surface area contributed by atoms with E-state index in [-0.39, 0.29) is 0 Å². The van der Waals surface area contributed by atoms with Gasteiger partial charge in [0.25, 0.3) is 0 Å². The third-order valence-corrected chi connectivity index (χ3v) is 5.46. The molecule has 3 fully saturated rings. The quantitative estimate of drug-likeness (QED) is 0.821. The molecule has 104 valence electrons. The van der Waals surface area contributed by atoms with Crippen molar-refractivity contribution in [1.82, 2.24) is 15.1 Å². The zero-order valence-corrected chi connectivity index (χ0v) is 11.9. The molecular formula is C15H29N3.